The second-order valence-electron chi connectivity index (χ2n) is 3.63. The minimum Gasteiger partial charge on any atom is -0.396 e. The molecule has 3 N–H and O–H groups in total. The van der Waals surface area contributed by atoms with E-state index in [0.29, 0.717) is 21.6 Å². The summed E-state index contributed by atoms with van der Waals surface area (Å²) < 4.78 is 0. The highest BCUT2D eigenvalue weighted by Gasteiger charge is 2.06. The van der Waals surface area contributed by atoms with Crippen LogP contribution in [-0.2, 0) is 0 Å². The van der Waals surface area contributed by atoms with Gasteiger partial charge < -0.3 is 11.1 Å². The van der Waals surface area contributed by atoms with Gasteiger partial charge in [0.2, 0.25) is 0 Å². The maximum absolute atomic E-state index is 6.03. The van der Waals surface area contributed by atoms with Crippen molar-refractivity contribution in [2.45, 2.75) is 6.92 Å². The zero-order valence-corrected chi connectivity index (χ0v) is 10.7. The molecule has 0 aliphatic rings. The van der Waals surface area contributed by atoms with E-state index in [9.17, 15) is 0 Å². The van der Waals surface area contributed by atoms with Gasteiger partial charge in [0.1, 0.15) is 0 Å². The number of nitrogens with two attached hydrogens (primary N) is 1. The van der Waals surface area contributed by atoms with Gasteiger partial charge in [0, 0.05) is 16.9 Å². The van der Waals surface area contributed by atoms with Crippen LogP contribution in [0.15, 0.2) is 30.5 Å². The van der Waals surface area contributed by atoms with Crippen molar-refractivity contribution in [3.8, 4) is 0 Å². The van der Waals surface area contributed by atoms with E-state index in [2.05, 4.69) is 10.3 Å². The molecule has 0 spiro atoms. The molecular weight excluding hydrogens is 257 g/mol. The monoisotopic (exact) mass is 267 g/mol. The number of hydrogen-bond acceptors (Lipinski definition) is 3. The highest BCUT2D eigenvalue weighted by atomic mass is 35.5. The number of rotatable bonds is 2. The smallest absolute Gasteiger partial charge is 0.153 e. The normalized spacial score (nSPS) is 10.3. The molecule has 1 aromatic heterocycles. The lowest BCUT2D eigenvalue weighted by Crippen LogP contribution is -2.00. The number of aromatic nitrogens is 1. The van der Waals surface area contributed by atoms with Crippen molar-refractivity contribution in [1.29, 1.82) is 0 Å². The lowest BCUT2D eigenvalue weighted by Gasteiger charge is -2.11. The van der Waals surface area contributed by atoms with Gasteiger partial charge in [-0.3, -0.25) is 0 Å². The maximum Gasteiger partial charge on any atom is 0.153 e. The third-order valence-electron chi connectivity index (χ3n) is 2.40. The fourth-order valence-corrected chi connectivity index (χ4v) is 1.77. The van der Waals surface area contributed by atoms with E-state index < -0.39 is 0 Å². The third-order valence-corrected chi connectivity index (χ3v) is 3.02. The van der Waals surface area contributed by atoms with Crippen molar-refractivity contribution in [2.75, 3.05) is 11.1 Å². The Balaban J connectivity index is 2.35. The van der Waals surface area contributed by atoms with Crippen LogP contribution in [0.1, 0.15) is 5.56 Å². The van der Waals surface area contributed by atoms with Crippen LogP contribution in [0.4, 0.5) is 17.2 Å². The zero-order chi connectivity index (χ0) is 12.4. The van der Waals surface area contributed by atoms with Gasteiger partial charge in [-0.25, -0.2) is 4.98 Å². The topological polar surface area (TPSA) is 50.9 Å². The molecule has 0 aliphatic heterocycles. The van der Waals surface area contributed by atoms with Crippen molar-refractivity contribution < 1.29 is 0 Å². The van der Waals surface area contributed by atoms with Gasteiger partial charge in [0.05, 0.1) is 10.7 Å². The SMILES string of the molecule is Cc1c(Cl)cccc1Nc1ncc(Cl)cc1N. The Hall–Kier alpha value is -1.45. The van der Waals surface area contributed by atoms with Gasteiger partial charge in [0.25, 0.3) is 0 Å². The van der Waals surface area contributed by atoms with E-state index in [1.54, 1.807) is 12.3 Å². The van der Waals surface area contributed by atoms with Gasteiger partial charge in [-0.1, -0.05) is 29.3 Å². The predicted molar refractivity (Wildman–Crippen MR) is 73.1 cm³/mol. The fourth-order valence-electron chi connectivity index (χ4n) is 1.43. The van der Waals surface area contributed by atoms with Crippen LogP contribution in [-0.4, -0.2) is 4.98 Å². The molecule has 0 unspecified atom stereocenters. The van der Waals surface area contributed by atoms with E-state index in [1.165, 1.54) is 0 Å². The Morgan fingerprint density at radius 2 is 2.06 bits per heavy atom. The summed E-state index contributed by atoms with van der Waals surface area (Å²) in [5.74, 6) is 0.569. The number of benzene rings is 1. The van der Waals surface area contributed by atoms with E-state index in [-0.39, 0.29) is 0 Å². The molecule has 0 aliphatic carbocycles. The number of nitrogens with one attached hydrogen (secondary N) is 1. The number of nitrogens with zero attached hydrogens (tertiary/aromatic N) is 1. The van der Waals surface area contributed by atoms with E-state index in [1.807, 2.05) is 25.1 Å². The van der Waals surface area contributed by atoms with Gasteiger partial charge in [0.15, 0.2) is 5.82 Å². The van der Waals surface area contributed by atoms with E-state index in [4.69, 9.17) is 28.9 Å². The minimum absolute atomic E-state index is 0.497. The Labute approximate surface area is 110 Å². The average molecular weight is 268 g/mol. The number of anilines is 3. The minimum atomic E-state index is 0.497. The van der Waals surface area contributed by atoms with Crippen molar-refractivity contribution >= 4 is 40.4 Å². The molecule has 0 saturated carbocycles. The van der Waals surface area contributed by atoms with Gasteiger partial charge >= 0.3 is 0 Å². The molecule has 2 rings (SSSR count). The molecular formula is C12H11Cl2N3. The summed E-state index contributed by atoms with van der Waals surface area (Å²) in [6, 6.07) is 7.26. The molecule has 0 bridgehead atoms. The van der Waals surface area contributed by atoms with Crippen molar-refractivity contribution in [3.63, 3.8) is 0 Å². The molecule has 17 heavy (non-hydrogen) atoms. The van der Waals surface area contributed by atoms with Gasteiger partial charge in [-0.15, -0.1) is 0 Å². The van der Waals surface area contributed by atoms with Crippen molar-refractivity contribution in [3.05, 3.63) is 46.1 Å². The first-order valence-electron chi connectivity index (χ1n) is 5.01. The predicted octanol–water partition coefficient (Wildman–Crippen LogP) is 4.02. The standard InChI is InChI=1S/C12H11Cl2N3/c1-7-9(14)3-2-4-11(7)17-12-10(15)5-8(13)6-16-12/h2-6H,15H2,1H3,(H,16,17). The Kier molecular flexibility index (Phi) is 3.41. The second-order valence-corrected chi connectivity index (χ2v) is 4.47. The third kappa shape index (κ3) is 2.62. The van der Waals surface area contributed by atoms with Gasteiger partial charge in [-0.2, -0.15) is 0 Å². The molecule has 5 heteroatoms. The molecule has 0 saturated heterocycles. The number of halogens is 2. The zero-order valence-electron chi connectivity index (χ0n) is 9.17. The fraction of sp³-hybridized carbons (Fsp3) is 0.0833. The van der Waals surface area contributed by atoms with Crippen LogP contribution in [0.2, 0.25) is 10.0 Å². The Morgan fingerprint density at radius 3 is 2.76 bits per heavy atom. The van der Waals surface area contributed by atoms with Crippen molar-refractivity contribution in [2.24, 2.45) is 0 Å². The number of pyridine rings is 1. The largest absolute Gasteiger partial charge is 0.396 e. The highest BCUT2D eigenvalue weighted by molar-refractivity contribution is 6.31. The van der Waals surface area contributed by atoms with Gasteiger partial charge in [-0.05, 0) is 30.7 Å². The Bertz CT molecular complexity index is 555. The summed E-state index contributed by atoms with van der Waals surface area (Å²) in [5, 5.41) is 4.34. The van der Waals surface area contributed by atoms with Crippen LogP contribution in [0.3, 0.4) is 0 Å². The molecule has 88 valence electrons. The molecule has 0 amide bonds. The summed E-state index contributed by atoms with van der Waals surface area (Å²) in [6.45, 7) is 1.93. The molecule has 0 radical (unpaired) electrons. The van der Waals surface area contributed by atoms with Crippen LogP contribution in [0, 0.1) is 6.92 Å². The molecule has 0 fully saturated rings. The summed E-state index contributed by atoms with van der Waals surface area (Å²) in [7, 11) is 0. The molecule has 1 aromatic carbocycles. The summed E-state index contributed by atoms with van der Waals surface area (Å²) >= 11 is 11.8. The molecule has 2 aromatic rings. The quantitative estimate of drug-likeness (QED) is 0.864. The first-order valence-corrected chi connectivity index (χ1v) is 5.76. The number of nitrogen functional groups attached to an aromatic ring is 1. The maximum atomic E-state index is 6.03. The van der Waals surface area contributed by atoms with E-state index in [0.717, 1.165) is 11.3 Å². The summed E-state index contributed by atoms with van der Waals surface area (Å²) in [5.41, 5.74) is 8.14. The lowest BCUT2D eigenvalue weighted by atomic mass is 10.2. The molecule has 3 nitrogen and oxygen atoms in total. The number of hydrogen-bond donors (Lipinski definition) is 2. The summed E-state index contributed by atoms with van der Waals surface area (Å²) in [4.78, 5) is 4.13. The van der Waals surface area contributed by atoms with Crippen LogP contribution in [0.25, 0.3) is 0 Å². The highest BCUT2D eigenvalue weighted by Crippen LogP contribution is 2.28. The van der Waals surface area contributed by atoms with Crippen LogP contribution in [0.5, 0.6) is 0 Å². The average Bonchev–Trinajstić information content (AvgIpc) is 2.28. The van der Waals surface area contributed by atoms with Crippen LogP contribution >= 0.6 is 23.2 Å². The molecule has 0 atom stereocenters. The Morgan fingerprint density at radius 1 is 1.29 bits per heavy atom. The van der Waals surface area contributed by atoms with Crippen molar-refractivity contribution in [1.82, 2.24) is 4.98 Å². The summed E-state index contributed by atoms with van der Waals surface area (Å²) in [6.07, 6.45) is 1.54. The second kappa shape index (κ2) is 4.82. The lowest BCUT2D eigenvalue weighted by molar-refractivity contribution is 1.30. The first kappa shape index (κ1) is 12.0. The van der Waals surface area contributed by atoms with Crippen LogP contribution < -0.4 is 11.1 Å². The first-order chi connectivity index (χ1) is 8.08. The molecule has 1 heterocycles. The van der Waals surface area contributed by atoms with E-state index >= 15 is 0 Å².